The van der Waals surface area contributed by atoms with Gasteiger partial charge in [0.2, 0.25) is 5.91 Å². The van der Waals surface area contributed by atoms with Crippen LogP contribution in [-0.2, 0) is 9.59 Å². The Kier molecular flexibility index (Phi) is 6.37. The number of hydrogen-bond acceptors (Lipinski definition) is 3. The number of carboxylic acids is 1. The fourth-order valence-corrected chi connectivity index (χ4v) is 4.05. The van der Waals surface area contributed by atoms with E-state index in [0.717, 1.165) is 12.8 Å². The second kappa shape index (κ2) is 8.74. The number of benzene rings is 1. The molecule has 2 N–H and O–H groups in total. The van der Waals surface area contributed by atoms with E-state index >= 15 is 0 Å². The lowest BCUT2D eigenvalue weighted by Gasteiger charge is -2.33. The van der Waals surface area contributed by atoms with Crippen LogP contribution in [0.15, 0.2) is 24.3 Å². The zero-order chi connectivity index (χ0) is 19.4. The molecule has 146 valence electrons. The number of nitrogens with zero attached hydrogens (tertiary/aromatic N) is 1. The predicted octanol–water partition coefficient (Wildman–Crippen LogP) is 2.95. The van der Waals surface area contributed by atoms with Crippen molar-refractivity contribution in [1.29, 1.82) is 0 Å². The maximum absolute atomic E-state index is 12.5. The number of carboxylic acid groups (broad SMARTS) is 1. The third-order valence-corrected chi connectivity index (χ3v) is 5.92. The lowest BCUT2D eigenvalue weighted by Crippen LogP contribution is -2.46. The molecule has 0 unspecified atom stereocenters. The van der Waals surface area contributed by atoms with Crippen molar-refractivity contribution in [2.24, 2.45) is 11.8 Å². The van der Waals surface area contributed by atoms with Gasteiger partial charge in [-0.15, -0.1) is 0 Å². The van der Waals surface area contributed by atoms with E-state index in [1.165, 1.54) is 0 Å². The van der Waals surface area contributed by atoms with Gasteiger partial charge in [0.15, 0.2) is 0 Å². The molecular weight excluding hydrogens is 368 g/mol. The molecular formula is C20H25ClN2O4. The molecule has 1 saturated heterocycles. The number of aliphatic carboxylic acids is 1. The number of carbonyl (C=O) groups excluding carboxylic acids is 2. The molecule has 0 aromatic heterocycles. The zero-order valence-corrected chi connectivity index (χ0v) is 16.0. The number of rotatable bonds is 4. The first-order chi connectivity index (χ1) is 12.9. The van der Waals surface area contributed by atoms with Gasteiger partial charge < -0.3 is 15.3 Å². The van der Waals surface area contributed by atoms with Crippen molar-refractivity contribution in [2.75, 3.05) is 13.1 Å². The second-order valence-electron chi connectivity index (χ2n) is 7.47. The van der Waals surface area contributed by atoms with Gasteiger partial charge in [-0.05, 0) is 62.8 Å². The predicted molar refractivity (Wildman–Crippen MR) is 102 cm³/mol. The third kappa shape index (κ3) is 5.01. The van der Waals surface area contributed by atoms with E-state index in [0.29, 0.717) is 49.4 Å². The molecule has 1 saturated carbocycles. The average molecular weight is 393 g/mol. The van der Waals surface area contributed by atoms with Crippen molar-refractivity contribution in [3.8, 4) is 0 Å². The highest BCUT2D eigenvalue weighted by atomic mass is 35.5. The first kappa shape index (κ1) is 19.7. The van der Waals surface area contributed by atoms with Crippen molar-refractivity contribution in [1.82, 2.24) is 10.2 Å². The van der Waals surface area contributed by atoms with E-state index in [-0.39, 0.29) is 29.7 Å². The average Bonchev–Trinajstić information content (AvgIpc) is 2.68. The van der Waals surface area contributed by atoms with Crippen LogP contribution in [0.3, 0.4) is 0 Å². The maximum Gasteiger partial charge on any atom is 0.306 e. The van der Waals surface area contributed by atoms with Crippen molar-refractivity contribution >= 4 is 29.4 Å². The van der Waals surface area contributed by atoms with Gasteiger partial charge in [0.05, 0.1) is 5.92 Å². The fraction of sp³-hybridized carbons (Fsp3) is 0.550. The summed E-state index contributed by atoms with van der Waals surface area (Å²) in [5, 5.41) is 12.7. The molecule has 7 heteroatoms. The fourth-order valence-electron chi connectivity index (χ4n) is 3.92. The standard InChI is InChI=1S/C20H25ClN2O4/c21-16-5-1-14(2-6-16)19(25)23-11-9-13(10-12-23)18(24)22-17-7-3-15(4-8-17)20(26)27/h1-2,5-6,13,15,17H,3-4,7-12H2,(H,22,24)(H,26,27). The summed E-state index contributed by atoms with van der Waals surface area (Å²) in [6, 6.07) is 6.91. The third-order valence-electron chi connectivity index (χ3n) is 5.67. The highest BCUT2D eigenvalue weighted by Crippen LogP contribution is 2.26. The summed E-state index contributed by atoms with van der Waals surface area (Å²) in [7, 11) is 0. The Morgan fingerprint density at radius 3 is 2.07 bits per heavy atom. The van der Waals surface area contributed by atoms with E-state index in [9.17, 15) is 14.4 Å². The van der Waals surface area contributed by atoms with Crippen molar-refractivity contribution in [2.45, 2.75) is 44.6 Å². The normalized spacial score (nSPS) is 23.7. The monoisotopic (exact) mass is 392 g/mol. The Balaban J connectivity index is 1.45. The van der Waals surface area contributed by atoms with Gasteiger partial charge in [0, 0.05) is 35.6 Å². The minimum Gasteiger partial charge on any atom is -0.481 e. The number of likely N-dealkylation sites (tertiary alicyclic amines) is 1. The Bertz CT molecular complexity index is 690. The highest BCUT2D eigenvalue weighted by molar-refractivity contribution is 6.30. The quantitative estimate of drug-likeness (QED) is 0.824. The Hall–Kier alpha value is -2.08. The van der Waals surface area contributed by atoms with Crippen molar-refractivity contribution < 1.29 is 19.5 Å². The molecule has 0 spiro atoms. The van der Waals surface area contributed by atoms with E-state index in [1.807, 2.05) is 0 Å². The molecule has 1 aromatic rings. The van der Waals surface area contributed by atoms with Crippen LogP contribution in [0.4, 0.5) is 0 Å². The topological polar surface area (TPSA) is 86.7 Å². The molecule has 0 atom stereocenters. The summed E-state index contributed by atoms with van der Waals surface area (Å²) in [5.74, 6) is -1.10. The summed E-state index contributed by atoms with van der Waals surface area (Å²) in [5.41, 5.74) is 0.609. The number of halogens is 1. The molecule has 1 aromatic carbocycles. The Labute approximate surface area is 163 Å². The van der Waals surface area contributed by atoms with E-state index in [2.05, 4.69) is 5.32 Å². The zero-order valence-electron chi connectivity index (χ0n) is 15.2. The highest BCUT2D eigenvalue weighted by Gasteiger charge is 2.31. The van der Waals surface area contributed by atoms with Crippen LogP contribution in [-0.4, -0.2) is 46.9 Å². The molecule has 3 rings (SSSR count). The van der Waals surface area contributed by atoms with Gasteiger partial charge in [0.25, 0.3) is 5.91 Å². The number of nitrogens with one attached hydrogen (secondary N) is 1. The van der Waals surface area contributed by atoms with Crippen molar-refractivity contribution in [3.05, 3.63) is 34.9 Å². The van der Waals surface area contributed by atoms with Crippen LogP contribution in [0.5, 0.6) is 0 Å². The number of hydrogen-bond donors (Lipinski definition) is 2. The van der Waals surface area contributed by atoms with Crippen molar-refractivity contribution in [3.63, 3.8) is 0 Å². The largest absolute Gasteiger partial charge is 0.481 e. The molecule has 2 amide bonds. The molecule has 1 heterocycles. The summed E-state index contributed by atoms with van der Waals surface area (Å²) >= 11 is 5.86. The minimum atomic E-state index is -0.738. The van der Waals surface area contributed by atoms with Gasteiger partial charge in [-0.25, -0.2) is 0 Å². The summed E-state index contributed by atoms with van der Waals surface area (Å²) in [6.07, 6.45) is 3.97. The number of amides is 2. The molecule has 2 aliphatic rings. The minimum absolute atomic E-state index is 0.0301. The van der Waals surface area contributed by atoms with E-state index < -0.39 is 5.97 Å². The van der Waals surface area contributed by atoms with Crippen LogP contribution < -0.4 is 5.32 Å². The Morgan fingerprint density at radius 2 is 1.52 bits per heavy atom. The molecule has 27 heavy (non-hydrogen) atoms. The summed E-state index contributed by atoms with van der Waals surface area (Å²) in [4.78, 5) is 37.8. The van der Waals surface area contributed by atoms with E-state index in [1.54, 1.807) is 29.2 Å². The molecule has 6 nitrogen and oxygen atoms in total. The Morgan fingerprint density at radius 1 is 0.926 bits per heavy atom. The lowest BCUT2D eigenvalue weighted by atomic mass is 9.85. The van der Waals surface area contributed by atoms with Gasteiger partial charge in [-0.2, -0.15) is 0 Å². The molecule has 2 fully saturated rings. The molecule has 1 aliphatic heterocycles. The first-order valence-corrected chi connectivity index (χ1v) is 9.90. The van der Waals surface area contributed by atoms with Crippen LogP contribution >= 0.6 is 11.6 Å². The van der Waals surface area contributed by atoms with Gasteiger partial charge in [0.1, 0.15) is 0 Å². The number of carbonyl (C=O) groups is 3. The summed E-state index contributed by atoms with van der Waals surface area (Å²) in [6.45, 7) is 1.12. The van der Waals surface area contributed by atoms with Gasteiger partial charge in [-0.1, -0.05) is 11.6 Å². The van der Waals surface area contributed by atoms with Crippen LogP contribution in [0.25, 0.3) is 0 Å². The maximum atomic E-state index is 12.5. The summed E-state index contributed by atoms with van der Waals surface area (Å²) < 4.78 is 0. The molecule has 0 bridgehead atoms. The SMILES string of the molecule is O=C(O)C1CCC(NC(=O)C2CCN(C(=O)c3ccc(Cl)cc3)CC2)CC1. The second-order valence-corrected chi connectivity index (χ2v) is 7.91. The van der Waals surface area contributed by atoms with Gasteiger partial charge in [-0.3, -0.25) is 14.4 Å². The van der Waals surface area contributed by atoms with Gasteiger partial charge >= 0.3 is 5.97 Å². The van der Waals surface area contributed by atoms with Crippen LogP contribution in [0.1, 0.15) is 48.9 Å². The van der Waals surface area contributed by atoms with Crippen LogP contribution in [0.2, 0.25) is 5.02 Å². The molecule has 0 radical (unpaired) electrons. The van der Waals surface area contributed by atoms with Crippen LogP contribution in [0, 0.1) is 11.8 Å². The lowest BCUT2D eigenvalue weighted by molar-refractivity contribution is -0.142. The first-order valence-electron chi connectivity index (χ1n) is 9.52. The smallest absolute Gasteiger partial charge is 0.306 e. The molecule has 1 aliphatic carbocycles. The van der Waals surface area contributed by atoms with E-state index in [4.69, 9.17) is 16.7 Å². The number of piperidine rings is 1.